The number of hydrogen-bond acceptors (Lipinski definition) is 2. The molecule has 21 heavy (non-hydrogen) atoms. The summed E-state index contributed by atoms with van der Waals surface area (Å²) in [7, 11) is 0. The van der Waals surface area contributed by atoms with E-state index in [9.17, 15) is 0 Å². The molecule has 0 N–H and O–H groups in total. The maximum atomic E-state index is 6.15. The molecule has 0 saturated carbocycles. The van der Waals surface area contributed by atoms with Crippen molar-refractivity contribution in [1.82, 2.24) is 9.55 Å². The maximum absolute atomic E-state index is 6.15. The van der Waals surface area contributed by atoms with Gasteiger partial charge in [0.2, 0.25) is 5.95 Å². The minimum Gasteiger partial charge on any atom is -0.309 e. The van der Waals surface area contributed by atoms with E-state index in [0.29, 0.717) is 16.0 Å². The standard InChI is InChI=1S/C16H13Cl2N3/c1-2-21-15-6-4-3-5-14(15)20-16(21)19-10-11-7-8-12(17)9-13(11)18/h3-10H,2H2,1H3/b19-10+. The molecule has 1 aromatic heterocycles. The van der Waals surface area contributed by atoms with Gasteiger partial charge in [-0.25, -0.2) is 9.98 Å². The topological polar surface area (TPSA) is 30.2 Å². The van der Waals surface area contributed by atoms with E-state index in [1.54, 1.807) is 18.3 Å². The van der Waals surface area contributed by atoms with Crippen LogP contribution in [0.15, 0.2) is 47.5 Å². The fraction of sp³-hybridized carbons (Fsp3) is 0.125. The van der Waals surface area contributed by atoms with Gasteiger partial charge in [-0.2, -0.15) is 0 Å². The second kappa shape index (κ2) is 5.88. The highest BCUT2D eigenvalue weighted by molar-refractivity contribution is 6.36. The normalized spacial score (nSPS) is 11.6. The van der Waals surface area contributed by atoms with Crippen LogP contribution in [-0.2, 0) is 6.54 Å². The molecule has 0 aliphatic carbocycles. The fourth-order valence-corrected chi connectivity index (χ4v) is 2.66. The number of aliphatic imine (C=N–C) groups is 1. The average molecular weight is 318 g/mol. The van der Waals surface area contributed by atoms with Crippen molar-refractivity contribution in [3.63, 3.8) is 0 Å². The van der Waals surface area contributed by atoms with Gasteiger partial charge in [-0.1, -0.05) is 41.4 Å². The summed E-state index contributed by atoms with van der Waals surface area (Å²) < 4.78 is 2.07. The van der Waals surface area contributed by atoms with Gasteiger partial charge in [0, 0.05) is 23.3 Å². The molecule has 3 nitrogen and oxygen atoms in total. The summed E-state index contributed by atoms with van der Waals surface area (Å²) in [6.07, 6.45) is 1.71. The highest BCUT2D eigenvalue weighted by Gasteiger charge is 2.07. The van der Waals surface area contributed by atoms with Crippen molar-refractivity contribution in [1.29, 1.82) is 0 Å². The quantitative estimate of drug-likeness (QED) is 0.617. The van der Waals surface area contributed by atoms with Gasteiger partial charge in [-0.05, 0) is 31.2 Å². The van der Waals surface area contributed by atoms with Crippen molar-refractivity contribution in [2.24, 2.45) is 4.99 Å². The van der Waals surface area contributed by atoms with E-state index in [-0.39, 0.29) is 0 Å². The third kappa shape index (κ3) is 2.80. The molecule has 0 atom stereocenters. The Hall–Kier alpha value is -1.84. The summed E-state index contributed by atoms with van der Waals surface area (Å²) in [5.74, 6) is 0.671. The van der Waals surface area contributed by atoms with Crippen molar-refractivity contribution in [3.8, 4) is 0 Å². The van der Waals surface area contributed by atoms with E-state index >= 15 is 0 Å². The summed E-state index contributed by atoms with van der Waals surface area (Å²) in [6, 6.07) is 13.3. The second-order valence-corrected chi connectivity index (χ2v) is 5.41. The van der Waals surface area contributed by atoms with Gasteiger partial charge in [-0.3, -0.25) is 0 Å². The van der Waals surface area contributed by atoms with Gasteiger partial charge in [0.25, 0.3) is 0 Å². The first kappa shape index (κ1) is 14.1. The number of fused-ring (bicyclic) bond motifs is 1. The maximum Gasteiger partial charge on any atom is 0.230 e. The fourth-order valence-electron chi connectivity index (χ4n) is 2.21. The Balaban J connectivity index is 2.03. The predicted octanol–water partition coefficient (Wildman–Crippen LogP) is 5.11. The number of nitrogens with zero attached hydrogens (tertiary/aromatic N) is 3. The van der Waals surface area contributed by atoms with Crippen LogP contribution >= 0.6 is 23.2 Å². The summed E-state index contributed by atoms with van der Waals surface area (Å²) in [4.78, 5) is 9.02. The number of benzene rings is 2. The first-order valence-corrected chi connectivity index (χ1v) is 7.39. The van der Waals surface area contributed by atoms with Crippen molar-refractivity contribution in [2.75, 3.05) is 0 Å². The summed E-state index contributed by atoms with van der Waals surface area (Å²) >= 11 is 12.0. The SMILES string of the molecule is CCn1c(/N=C/c2ccc(Cl)cc2Cl)nc2ccccc21. The first-order valence-electron chi connectivity index (χ1n) is 6.63. The number of para-hydroxylation sites is 2. The van der Waals surface area contributed by atoms with Crippen LogP contribution in [0.2, 0.25) is 10.0 Å². The molecule has 0 aliphatic rings. The van der Waals surface area contributed by atoms with E-state index in [4.69, 9.17) is 23.2 Å². The van der Waals surface area contributed by atoms with E-state index in [1.165, 1.54) is 0 Å². The lowest BCUT2D eigenvalue weighted by molar-refractivity contribution is 0.790. The van der Waals surface area contributed by atoms with Crippen LogP contribution in [0.4, 0.5) is 5.95 Å². The molecule has 0 unspecified atom stereocenters. The van der Waals surface area contributed by atoms with Gasteiger partial charge in [0.1, 0.15) is 0 Å². The van der Waals surface area contributed by atoms with Crippen LogP contribution in [0.3, 0.4) is 0 Å². The molecule has 5 heteroatoms. The molecular weight excluding hydrogens is 305 g/mol. The van der Waals surface area contributed by atoms with Gasteiger partial charge in [0.15, 0.2) is 0 Å². The van der Waals surface area contributed by atoms with Crippen molar-refractivity contribution in [2.45, 2.75) is 13.5 Å². The van der Waals surface area contributed by atoms with Crippen LogP contribution in [0, 0.1) is 0 Å². The van der Waals surface area contributed by atoms with Crippen LogP contribution in [-0.4, -0.2) is 15.8 Å². The molecule has 1 heterocycles. The lowest BCUT2D eigenvalue weighted by atomic mass is 10.2. The van der Waals surface area contributed by atoms with E-state index < -0.39 is 0 Å². The van der Waals surface area contributed by atoms with E-state index in [2.05, 4.69) is 21.5 Å². The Labute approximate surface area is 132 Å². The molecule has 0 saturated heterocycles. The largest absolute Gasteiger partial charge is 0.309 e. The highest BCUT2D eigenvalue weighted by Crippen LogP contribution is 2.23. The first-order chi connectivity index (χ1) is 10.2. The smallest absolute Gasteiger partial charge is 0.230 e. The van der Waals surface area contributed by atoms with E-state index in [1.807, 2.05) is 30.3 Å². The number of halogens is 2. The van der Waals surface area contributed by atoms with Crippen molar-refractivity contribution >= 4 is 46.4 Å². The molecule has 0 amide bonds. The van der Waals surface area contributed by atoms with Gasteiger partial charge in [-0.15, -0.1) is 0 Å². The number of hydrogen-bond donors (Lipinski definition) is 0. The molecule has 0 aliphatic heterocycles. The Kier molecular flexibility index (Phi) is 3.95. The third-order valence-corrected chi connectivity index (χ3v) is 3.79. The Bertz CT molecular complexity index is 822. The highest BCUT2D eigenvalue weighted by atomic mass is 35.5. The predicted molar refractivity (Wildman–Crippen MR) is 89.1 cm³/mol. The zero-order valence-corrected chi connectivity index (χ0v) is 12.9. The summed E-state index contributed by atoms with van der Waals surface area (Å²) in [6.45, 7) is 2.88. The van der Waals surface area contributed by atoms with Crippen LogP contribution in [0.1, 0.15) is 12.5 Å². The van der Waals surface area contributed by atoms with Crippen LogP contribution in [0.5, 0.6) is 0 Å². The zero-order chi connectivity index (χ0) is 14.8. The number of aryl methyl sites for hydroxylation is 1. The molecule has 0 fully saturated rings. The van der Waals surface area contributed by atoms with Crippen LogP contribution < -0.4 is 0 Å². The van der Waals surface area contributed by atoms with Crippen LogP contribution in [0.25, 0.3) is 11.0 Å². The minimum atomic E-state index is 0.574. The summed E-state index contributed by atoms with van der Waals surface area (Å²) in [5.41, 5.74) is 2.83. The molecule has 3 aromatic rings. The average Bonchev–Trinajstić information content (AvgIpc) is 2.83. The van der Waals surface area contributed by atoms with Gasteiger partial charge in [0.05, 0.1) is 16.1 Å². The third-order valence-electron chi connectivity index (χ3n) is 3.23. The van der Waals surface area contributed by atoms with Gasteiger partial charge < -0.3 is 4.57 Å². The lowest BCUT2D eigenvalue weighted by Gasteiger charge is -2.02. The monoisotopic (exact) mass is 317 g/mol. The molecule has 0 radical (unpaired) electrons. The summed E-state index contributed by atoms with van der Waals surface area (Å²) in [5, 5.41) is 1.18. The second-order valence-electron chi connectivity index (χ2n) is 4.57. The number of rotatable bonds is 3. The molecule has 0 spiro atoms. The molecule has 0 bridgehead atoms. The van der Waals surface area contributed by atoms with E-state index in [0.717, 1.165) is 23.1 Å². The van der Waals surface area contributed by atoms with Crippen molar-refractivity contribution in [3.05, 3.63) is 58.1 Å². The lowest BCUT2D eigenvalue weighted by Crippen LogP contribution is -1.93. The molecule has 106 valence electrons. The zero-order valence-electron chi connectivity index (χ0n) is 11.4. The van der Waals surface area contributed by atoms with Gasteiger partial charge >= 0.3 is 0 Å². The molecular formula is C16H13Cl2N3. The Morgan fingerprint density at radius 1 is 1.19 bits per heavy atom. The number of aromatic nitrogens is 2. The van der Waals surface area contributed by atoms with Crippen molar-refractivity contribution < 1.29 is 0 Å². The number of imidazole rings is 1. The Morgan fingerprint density at radius 3 is 2.76 bits per heavy atom. The molecule has 2 aromatic carbocycles. The Morgan fingerprint density at radius 2 is 2.00 bits per heavy atom. The molecule has 3 rings (SSSR count). The minimum absolute atomic E-state index is 0.574.